The lowest BCUT2D eigenvalue weighted by atomic mass is 9.78. The average Bonchev–Trinajstić information content (AvgIpc) is 2.99. The molecule has 136 valence electrons. The second-order valence-corrected chi connectivity index (χ2v) is 6.90. The molecule has 2 aliphatic rings. The zero-order chi connectivity index (χ0) is 18.1. The van der Waals surface area contributed by atoms with Crippen LogP contribution in [0.15, 0.2) is 37.0 Å². The van der Waals surface area contributed by atoms with Crippen molar-refractivity contribution in [1.29, 1.82) is 0 Å². The number of carbonyl (C=O) groups excluding carboxylic acids is 1. The van der Waals surface area contributed by atoms with E-state index in [4.69, 9.17) is 0 Å². The van der Waals surface area contributed by atoms with Gasteiger partial charge in [-0.05, 0) is 55.1 Å². The monoisotopic (exact) mass is 353 g/mol. The minimum Gasteiger partial charge on any atom is -0.378 e. The first-order chi connectivity index (χ1) is 11.8. The van der Waals surface area contributed by atoms with Gasteiger partial charge in [-0.25, -0.2) is 4.79 Å². The Morgan fingerprint density at radius 2 is 1.72 bits per heavy atom. The van der Waals surface area contributed by atoms with Crippen LogP contribution in [0.1, 0.15) is 24.8 Å². The van der Waals surface area contributed by atoms with Gasteiger partial charge >= 0.3 is 12.2 Å². The van der Waals surface area contributed by atoms with Gasteiger partial charge in [0.15, 0.2) is 0 Å². The Morgan fingerprint density at radius 3 is 2.28 bits per heavy atom. The molecule has 2 aliphatic heterocycles. The molecule has 1 N–H and O–H groups in total. The lowest BCUT2D eigenvalue weighted by Crippen LogP contribution is -2.41. The molecule has 0 atom stereocenters. The summed E-state index contributed by atoms with van der Waals surface area (Å²) in [5.74, 6) is 0. The van der Waals surface area contributed by atoms with Crippen LogP contribution in [0.4, 0.5) is 23.7 Å². The number of anilines is 1. The maximum absolute atomic E-state index is 12.6. The lowest BCUT2D eigenvalue weighted by molar-refractivity contribution is -0.137. The van der Waals surface area contributed by atoms with E-state index in [1.54, 1.807) is 4.90 Å². The van der Waals surface area contributed by atoms with Crippen LogP contribution in [0.2, 0.25) is 0 Å². The number of halogens is 3. The van der Waals surface area contributed by atoms with Crippen molar-refractivity contribution in [3.8, 4) is 0 Å². The van der Waals surface area contributed by atoms with E-state index < -0.39 is 11.7 Å². The summed E-state index contributed by atoms with van der Waals surface area (Å²) in [4.78, 5) is 16.4. The number of hydrogen-bond donors (Lipinski definition) is 1. The van der Waals surface area contributed by atoms with Gasteiger partial charge in [-0.15, -0.1) is 0 Å². The molecule has 7 heteroatoms. The van der Waals surface area contributed by atoms with Gasteiger partial charge in [-0.2, -0.15) is 13.2 Å². The van der Waals surface area contributed by atoms with Crippen LogP contribution in [0.25, 0.3) is 0 Å². The number of rotatable bonds is 2. The Kier molecular flexibility index (Phi) is 4.67. The first-order valence-electron chi connectivity index (χ1n) is 8.41. The van der Waals surface area contributed by atoms with Crippen molar-refractivity contribution in [1.82, 2.24) is 9.80 Å². The summed E-state index contributed by atoms with van der Waals surface area (Å²) in [6.07, 6.45) is 0.519. The third-order valence-corrected chi connectivity index (χ3v) is 5.31. The number of likely N-dealkylation sites (tertiary alicyclic amines) is 2. The maximum Gasteiger partial charge on any atom is 0.416 e. The number of urea groups is 1. The molecule has 0 bridgehead atoms. The summed E-state index contributed by atoms with van der Waals surface area (Å²) in [5.41, 5.74) is -0.184. The quantitative estimate of drug-likeness (QED) is 0.866. The van der Waals surface area contributed by atoms with Crippen LogP contribution in [0, 0.1) is 5.41 Å². The van der Waals surface area contributed by atoms with Crippen LogP contribution in [-0.2, 0) is 6.18 Å². The molecule has 2 heterocycles. The molecule has 0 aromatic heterocycles. The summed E-state index contributed by atoms with van der Waals surface area (Å²) in [5, 5.41) is 2.70. The SMILES string of the molecule is C=CN1CCC2(CC1)CCN(C(=O)Nc1ccc(C(F)(F)F)cc1)C2. The molecule has 2 fully saturated rings. The number of nitrogens with one attached hydrogen (secondary N) is 1. The third kappa shape index (κ3) is 3.91. The van der Waals surface area contributed by atoms with E-state index in [1.807, 2.05) is 6.20 Å². The average molecular weight is 353 g/mol. The summed E-state index contributed by atoms with van der Waals surface area (Å²) in [7, 11) is 0. The molecule has 25 heavy (non-hydrogen) atoms. The molecule has 0 unspecified atom stereocenters. The molecule has 0 saturated carbocycles. The van der Waals surface area contributed by atoms with Crippen molar-refractivity contribution in [3.05, 3.63) is 42.6 Å². The zero-order valence-corrected chi connectivity index (χ0v) is 14.0. The minimum absolute atomic E-state index is 0.164. The molecule has 1 spiro atoms. The first-order valence-corrected chi connectivity index (χ1v) is 8.41. The van der Waals surface area contributed by atoms with E-state index in [0.717, 1.165) is 44.5 Å². The Labute approximate surface area is 145 Å². The fourth-order valence-corrected chi connectivity index (χ4v) is 3.64. The van der Waals surface area contributed by atoms with E-state index in [-0.39, 0.29) is 11.4 Å². The van der Waals surface area contributed by atoms with Gasteiger partial charge in [0.25, 0.3) is 0 Å². The van der Waals surface area contributed by atoms with Gasteiger partial charge < -0.3 is 15.1 Å². The molecule has 1 aromatic rings. The fraction of sp³-hybridized carbons (Fsp3) is 0.500. The number of amides is 2. The molecule has 2 amide bonds. The van der Waals surface area contributed by atoms with Gasteiger partial charge in [0.1, 0.15) is 0 Å². The smallest absolute Gasteiger partial charge is 0.378 e. The van der Waals surface area contributed by atoms with E-state index in [9.17, 15) is 18.0 Å². The number of benzene rings is 1. The predicted octanol–water partition coefficient (Wildman–Crippen LogP) is 4.17. The lowest BCUT2D eigenvalue weighted by Gasteiger charge is -2.38. The number of alkyl halides is 3. The van der Waals surface area contributed by atoms with Crippen molar-refractivity contribution in [2.24, 2.45) is 5.41 Å². The van der Waals surface area contributed by atoms with E-state index in [1.165, 1.54) is 12.1 Å². The molecule has 0 radical (unpaired) electrons. The van der Waals surface area contributed by atoms with Gasteiger partial charge in [0.05, 0.1) is 5.56 Å². The predicted molar refractivity (Wildman–Crippen MR) is 90.1 cm³/mol. The highest BCUT2D eigenvalue weighted by Crippen LogP contribution is 2.40. The Bertz CT molecular complexity index is 634. The van der Waals surface area contributed by atoms with Crippen LogP contribution < -0.4 is 5.32 Å². The van der Waals surface area contributed by atoms with Crippen LogP contribution in [0.3, 0.4) is 0 Å². The topological polar surface area (TPSA) is 35.6 Å². The second kappa shape index (κ2) is 6.61. The van der Waals surface area contributed by atoms with Crippen LogP contribution >= 0.6 is 0 Å². The van der Waals surface area contributed by atoms with E-state index in [0.29, 0.717) is 18.8 Å². The maximum atomic E-state index is 12.6. The number of piperidine rings is 1. The van der Waals surface area contributed by atoms with Crippen LogP contribution in [0.5, 0.6) is 0 Å². The number of hydrogen-bond acceptors (Lipinski definition) is 2. The highest BCUT2D eigenvalue weighted by Gasteiger charge is 2.41. The summed E-state index contributed by atoms with van der Waals surface area (Å²) in [6, 6.07) is 4.28. The van der Waals surface area contributed by atoms with Crippen molar-refractivity contribution < 1.29 is 18.0 Å². The van der Waals surface area contributed by atoms with E-state index in [2.05, 4.69) is 16.8 Å². The summed E-state index contributed by atoms with van der Waals surface area (Å²) >= 11 is 0. The molecule has 3 rings (SSSR count). The molecule has 1 aromatic carbocycles. The largest absolute Gasteiger partial charge is 0.416 e. The molecular formula is C18H22F3N3O. The fourth-order valence-electron chi connectivity index (χ4n) is 3.64. The molecule has 2 saturated heterocycles. The Balaban J connectivity index is 1.57. The Morgan fingerprint density at radius 1 is 1.12 bits per heavy atom. The highest BCUT2D eigenvalue weighted by molar-refractivity contribution is 5.89. The van der Waals surface area contributed by atoms with Crippen LogP contribution in [-0.4, -0.2) is 42.0 Å². The standard InChI is InChI=1S/C18H22F3N3O/c1-2-23-10-7-17(8-11-23)9-12-24(13-17)16(25)22-15-5-3-14(4-6-15)18(19,20)21/h2-6H,1,7-13H2,(H,22,25). The molecular weight excluding hydrogens is 331 g/mol. The summed E-state index contributed by atoms with van der Waals surface area (Å²) < 4.78 is 37.7. The minimum atomic E-state index is -4.37. The molecule has 0 aliphatic carbocycles. The third-order valence-electron chi connectivity index (χ3n) is 5.31. The van der Waals surface area contributed by atoms with Gasteiger partial charge in [0, 0.05) is 31.9 Å². The second-order valence-electron chi connectivity index (χ2n) is 6.90. The number of carbonyl (C=O) groups is 1. The van der Waals surface area contributed by atoms with Crippen molar-refractivity contribution >= 4 is 11.7 Å². The van der Waals surface area contributed by atoms with E-state index >= 15 is 0 Å². The van der Waals surface area contributed by atoms with Crippen molar-refractivity contribution in [2.75, 3.05) is 31.5 Å². The normalized spacial score (nSPS) is 20.0. The van der Waals surface area contributed by atoms with Gasteiger partial charge in [-0.1, -0.05) is 6.58 Å². The highest BCUT2D eigenvalue weighted by atomic mass is 19.4. The van der Waals surface area contributed by atoms with Gasteiger partial charge in [0.2, 0.25) is 0 Å². The zero-order valence-electron chi connectivity index (χ0n) is 14.0. The number of nitrogens with zero attached hydrogens (tertiary/aromatic N) is 2. The first kappa shape index (κ1) is 17.6. The Hall–Kier alpha value is -2.18. The van der Waals surface area contributed by atoms with Crippen molar-refractivity contribution in [3.63, 3.8) is 0 Å². The van der Waals surface area contributed by atoms with Gasteiger partial charge in [-0.3, -0.25) is 0 Å². The molecule has 4 nitrogen and oxygen atoms in total. The summed E-state index contributed by atoms with van der Waals surface area (Å²) in [6.45, 7) is 7.08. The van der Waals surface area contributed by atoms with Crippen molar-refractivity contribution in [2.45, 2.75) is 25.4 Å².